The minimum atomic E-state index is -0.300. The highest BCUT2D eigenvalue weighted by Gasteiger charge is 2.11. The van der Waals surface area contributed by atoms with Gasteiger partial charge < -0.3 is 4.90 Å². The van der Waals surface area contributed by atoms with Crippen LogP contribution in [0.1, 0.15) is 25.3 Å². The smallest absolute Gasteiger partial charge is 0.302 e. The maximum atomic E-state index is 11.6. The summed E-state index contributed by atoms with van der Waals surface area (Å²) in [4.78, 5) is 27.7. The van der Waals surface area contributed by atoms with Gasteiger partial charge in [0.1, 0.15) is 0 Å². The zero-order valence-electron chi connectivity index (χ0n) is 10.2. The summed E-state index contributed by atoms with van der Waals surface area (Å²) in [5, 5.41) is 0. The Morgan fingerprint density at radius 3 is 2.59 bits per heavy atom. The van der Waals surface area contributed by atoms with Crippen molar-refractivity contribution in [2.45, 2.75) is 32.7 Å². The number of aryl methyl sites for hydroxylation is 1. The number of nitrogens with zero attached hydrogens (tertiary/aromatic N) is 2. The van der Waals surface area contributed by atoms with Gasteiger partial charge in [0, 0.05) is 24.8 Å². The summed E-state index contributed by atoms with van der Waals surface area (Å²) in [5.74, 6) is 0. The van der Waals surface area contributed by atoms with Crippen LogP contribution in [-0.4, -0.2) is 34.1 Å². The Hall–Kier alpha value is -1.36. The van der Waals surface area contributed by atoms with Crippen molar-refractivity contribution in [3.05, 3.63) is 32.6 Å². The predicted octanol–water partition coefficient (Wildman–Crippen LogP) is 0.195. The lowest BCUT2D eigenvalue weighted by atomic mass is 10.2. The lowest BCUT2D eigenvalue weighted by Gasteiger charge is -2.15. The van der Waals surface area contributed by atoms with Gasteiger partial charge in [0.25, 0.3) is 5.56 Å². The second kappa shape index (κ2) is 5.31. The van der Waals surface area contributed by atoms with Crippen LogP contribution in [0.4, 0.5) is 0 Å². The zero-order valence-corrected chi connectivity index (χ0v) is 10.2. The third-order valence-corrected chi connectivity index (χ3v) is 3.32. The number of H-pyrrole nitrogens is 1. The molecule has 0 unspecified atom stereocenters. The average Bonchev–Trinajstić information content (AvgIpc) is 2.81. The molecule has 0 aromatic carbocycles. The van der Waals surface area contributed by atoms with E-state index in [4.69, 9.17) is 0 Å². The van der Waals surface area contributed by atoms with Gasteiger partial charge in [-0.2, -0.15) is 0 Å². The molecular weight excluding hydrogens is 218 g/mol. The topological polar surface area (TPSA) is 58.1 Å². The van der Waals surface area contributed by atoms with Crippen LogP contribution in [-0.2, 0) is 13.0 Å². The second-order valence-electron chi connectivity index (χ2n) is 4.51. The van der Waals surface area contributed by atoms with Crippen molar-refractivity contribution in [1.82, 2.24) is 14.5 Å². The van der Waals surface area contributed by atoms with Crippen LogP contribution in [0, 0.1) is 0 Å². The molecular formula is C12H19N3O2. The zero-order chi connectivity index (χ0) is 12.3. The number of aromatic amines is 1. The second-order valence-corrected chi connectivity index (χ2v) is 4.51. The molecule has 1 aromatic heterocycles. The molecule has 2 rings (SSSR count). The molecule has 5 heteroatoms. The minimum Gasteiger partial charge on any atom is -0.302 e. The maximum Gasteiger partial charge on any atom is 0.328 e. The standard InChI is InChI=1S/C12H19N3O2/c1-2-10-9-15(12(17)13-11(10)16)8-7-14-5-3-4-6-14/h9H,2-8H2,1H3,(H,13,16,17). The molecule has 1 fully saturated rings. The van der Waals surface area contributed by atoms with E-state index >= 15 is 0 Å². The van der Waals surface area contributed by atoms with Crippen molar-refractivity contribution in [2.75, 3.05) is 19.6 Å². The van der Waals surface area contributed by atoms with Crippen molar-refractivity contribution in [3.63, 3.8) is 0 Å². The summed E-state index contributed by atoms with van der Waals surface area (Å²) in [6.07, 6.45) is 4.85. The van der Waals surface area contributed by atoms with Gasteiger partial charge in [-0.05, 0) is 32.4 Å². The molecule has 0 atom stereocenters. The van der Waals surface area contributed by atoms with E-state index in [0.717, 1.165) is 19.6 Å². The number of rotatable bonds is 4. The van der Waals surface area contributed by atoms with E-state index in [9.17, 15) is 9.59 Å². The monoisotopic (exact) mass is 237 g/mol. The summed E-state index contributed by atoms with van der Waals surface area (Å²) in [7, 11) is 0. The quantitative estimate of drug-likeness (QED) is 0.813. The first-order valence-corrected chi connectivity index (χ1v) is 6.25. The Bertz CT molecular complexity index is 483. The Morgan fingerprint density at radius 1 is 1.24 bits per heavy atom. The van der Waals surface area contributed by atoms with Gasteiger partial charge >= 0.3 is 5.69 Å². The molecule has 0 saturated carbocycles. The molecule has 1 aliphatic heterocycles. The molecule has 0 aliphatic carbocycles. The predicted molar refractivity (Wildman–Crippen MR) is 66.4 cm³/mol. The number of aromatic nitrogens is 2. The van der Waals surface area contributed by atoms with Gasteiger partial charge in [0.15, 0.2) is 0 Å². The van der Waals surface area contributed by atoms with Gasteiger partial charge in [-0.25, -0.2) is 4.79 Å². The fraction of sp³-hybridized carbons (Fsp3) is 0.667. The fourth-order valence-electron chi connectivity index (χ4n) is 2.23. The van der Waals surface area contributed by atoms with Crippen LogP contribution >= 0.6 is 0 Å². The molecule has 5 nitrogen and oxygen atoms in total. The van der Waals surface area contributed by atoms with Crippen LogP contribution in [0.15, 0.2) is 15.8 Å². The number of hydrogen-bond acceptors (Lipinski definition) is 3. The van der Waals surface area contributed by atoms with Crippen LogP contribution < -0.4 is 11.2 Å². The Kier molecular flexibility index (Phi) is 3.78. The van der Waals surface area contributed by atoms with Crippen LogP contribution in [0.5, 0.6) is 0 Å². The normalized spacial score (nSPS) is 16.5. The third-order valence-electron chi connectivity index (χ3n) is 3.32. The van der Waals surface area contributed by atoms with Crippen LogP contribution in [0.25, 0.3) is 0 Å². The molecule has 94 valence electrons. The lowest BCUT2D eigenvalue weighted by molar-refractivity contribution is 0.319. The summed E-state index contributed by atoms with van der Waals surface area (Å²) >= 11 is 0. The highest BCUT2D eigenvalue weighted by molar-refractivity contribution is 5.03. The molecule has 0 amide bonds. The largest absolute Gasteiger partial charge is 0.328 e. The molecule has 17 heavy (non-hydrogen) atoms. The molecule has 0 spiro atoms. The number of nitrogens with one attached hydrogen (secondary N) is 1. The van der Waals surface area contributed by atoms with Crippen molar-refractivity contribution in [3.8, 4) is 0 Å². The van der Waals surface area contributed by atoms with Gasteiger partial charge in [-0.3, -0.25) is 14.3 Å². The van der Waals surface area contributed by atoms with Crippen molar-refractivity contribution < 1.29 is 0 Å². The van der Waals surface area contributed by atoms with Gasteiger partial charge in [-0.1, -0.05) is 6.92 Å². The molecule has 1 N–H and O–H groups in total. The van der Waals surface area contributed by atoms with Gasteiger partial charge in [0.2, 0.25) is 0 Å². The fourth-order valence-corrected chi connectivity index (χ4v) is 2.23. The van der Waals surface area contributed by atoms with Crippen molar-refractivity contribution in [2.24, 2.45) is 0 Å². The van der Waals surface area contributed by atoms with E-state index < -0.39 is 0 Å². The van der Waals surface area contributed by atoms with Crippen molar-refractivity contribution >= 4 is 0 Å². The first-order chi connectivity index (χ1) is 8.20. The van der Waals surface area contributed by atoms with E-state index in [1.54, 1.807) is 10.8 Å². The molecule has 0 bridgehead atoms. The third kappa shape index (κ3) is 2.85. The molecule has 1 aromatic rings. The first-order valence-electron chi connectivity index (χ1n) is 6.25. The summed E-state index contributed by atoms with van der Waals surface area (Å²) in [6.45, 7) is 5.70. The first kappa shape index (κ1) is 12.1. The summed E-state index contributed by atoms with van der Waals surface area (Å²) in [6, 6.07) is 0. The Balaban J connectivity index is 2.09. The molecule has 1 aliphatic rings. The SMILES string of the molecule is CCc1cn(CCN2CCCC2)c(=O)[nH]c1=O. The van der Waals surface area contributed by atoms with E-state index in [0.29, 0.717) is 18.5 Å². The number of likely N-dealkylation sites (tertiary alicyclic amines) is 1. The average molecular weight is 237 g/mol. The number of hydrogen-bond donors (Lipinski definition) is 1. The molecule has 0 radical (unpaired) electrons. The Labute approximate surface area is 100 Å². The van der Waals surface area contributed by atoms with Gasteiger partial charge in [0.05, 0.1) is 0 Å². The molecule has 2 heterocycles. The van der Waals surface area contributed by atoms with Gasteiger partial charge in [-0.15, -0.1) is 0 Å². The van der Waals surface area contributed by atoms with E-state index in [-0.39, 0.29) is 11.2 Å². The van der Waals surface area contributed by atoms with E-state index in [1.807, 2.05) is 6.92 Å². The van der Waals surface area contributed by atoms with E-state index in [2.05, 4.69) is 9.88 Å². The summed E-state index contributed by atoms with van der Waals surface area (Å²) < 4.78 is 1.61. The minimum absolute atomic E-state index is 0.255. The highest BCUT2D eigenvalue weighted by atomic mass is 16.2. The Morgan fingerprint density at radius 2 is 1.94 bits per heavy atom. The maximum absolute atomic E-state index is 11.6. The molecule has 1 saturated heterocycles. The highest BCUT2D eigenvalue weighted by Crippen LogP contribution is 2.06. The summed E-state index contributed by atoms with van der Waals surface area (Å²) in [5.41, 5.74) is 0.118. The van der Waals surface area contributed by atoms with Crippen LogP contribution in [0.3, 0.4) is 0 Å². The van der Waals surface area contributed by atoms with Crippen molar-refractivity contribution in [1.29, 1.82) is 0 Å². The van der Waals surface area contributed by atoms with Crippen LogP contribution in [0.2, 0.25) is 0 Å². The van der Waals surface area contributed by atoms with E-state index in [1.165, 1.54) is 12.8 Å². The lowest BCUT2D eigenvalue weighted by Crippen LogP contribution is -2.34.